The van der Waals surface area contributed by atoms with Crippen LogP contribution >= 0.6 is 0 Å². The molecule has 1 saturated carbocycles. The second-order valence-electron chi connectivity index (χ2n) is 7.43. The van der Waals surface area contributed by atoms with E-state index in [4.69, 9.17) is 4.74 Å². The van der Waals surface area contributed by atoms with Crippen LogP contribution in [0.4, 0.5) is 0 Å². The number of hydrogen-bond donors (Lipinski definition) is 0. The van der Waals surface area contributed by atoms with Gasteiger partial charge < -0.3 is 9.30 Å². The van der Waals surface area contributed by atoms with E-state index in [0.29, 0.717) is 34.9 Å². The van der Waals surface area contributed by atoms with Gasteiger partial charge in [0, 0.05) is 29.9 Å². The highest BCUT2D eigenvalue weighted by atomic mass is 32.2. The van der Waals surface area contributed by atoms with Gasteiger partial charge in [0.05, 0.1) is 12.8 Å². The minimum atomic E-state index is -3.28. The van der Waals surface area contributed by atoms with Gasteiger partial charge in [0.1, 0.15) is 17.3 Å². The van der Waals surface area contributed by atoms with Crippen LogP contribution in [0.2, 0.25) is 0 Å². The number of hydrogen-bond acceptors (Lipinski definition) is 6. The minimum Gasteiger partial charge on any atom is -0.489 e. The van der Waals surface area contributed by atoms with Crippen molar-refractivity contribution in [3.63, 3.8) is 0 Å². The Bertz CT molecular complexity index is 1230. The van der Waals surface area contributed by atoms with E-state index < -0.39 is 9.84 Å². The standard InChI is InChI=1S/C21H23N3O4S/c1-3-29(26,27)13-19-22-10-18(28-12-14-8-9-14)20(23-19)17-11-24(2)21(25)16-7-5-4-6-15(16)17/h4-7,10-11,14H,3,8-9,12-13H2,1-2H3. The normalized spacial score (nSPS) is 14.3. The van der Waals surface area contributed by atoms with E-state index in [1.165, 1.54) is 4.57 Å². The fraction of sp³-hybridized carbons (Fsp3) is 0.381. The van der Waals surface area contributed by atoms with Crippen LogP contribution in [0.25, 0.3) is 22.0 Å². The lowest BCUT2D eigenvalue weighted by Gasteiger charge is -2.14. The van der Waals surface area contributed by atoms with Crippen molar-refractivity contribution in [2.75, 3.05) is 12.4 Å². The summed E-state index contributed by atoms with van der Waals surface area (Å²) in [5.74, 6) is 1.05. The summed E-state index contributed by atoms with van der Waals surface area (Å²) in [5.41, 5.74) is 1.12. The number of benzene rings is 1. The van der Waals surface area contributed by atoms with E-state index in [-0.39, 0.29) is 22.9 Å². The van der Waals surface area contributed by atoms with Crippen molar-refractivity contribution in [2.24, 2.45) is 13.0 Å². The molecule has 0 atom stereocenters. The highest BCUT2D eigenvalue weighted by Gasteiger charge is 2.24. The van der Waals surface area contributed by atoms with Gasteiger partial charge in [-0.05, 0) is 30.2 Å². The number of ether oxygens (including phenoxy) is 1. The van der Waals surface area contributed by atoms with Gasteiger partial charge in [-0.1, -0.05) is 25.1 Å². The second-order valence-corrected chi connectivity index (χ2v) is 9.79. The van der Waals surface area contributed by atoms with Crippen molar-refractivity contribution in [1.82, 2.24) is 14.5 Å². The largest absolute Gasteiger partial charge is 0.489 e. The summed E-state index contributed by atoms with van der Waals surface area (Å²) >= 11 is 0. The maximum absolute atomic E-state index is 12.5. The molecule has 0 spiro atoms. The van der Waals surface area contributed by atoms with Crippen molar-refractivity contribution >= 4 is 20.6 Å². The zero-order valence-corrected chi connectivity index (χ0v) is 17.3. The van der Waals surface area contributed by atoms with Crippen LogP contribution in [0.15, 0.2) is 41.5 Å². The fourth-order valence-corrected chi connectivity index (χ4v) is 3.91. The summed E-state index contributed by atoms with van der Waals surface area (Å²) < 4.78 is 31.6. The molecule has 2 aromatic heterocycles. The molecule has 7 nitrogen and oxygen atoms in total. The Morgan fingerprint density at radius 1 is 1.21 bits per heavy atom. The lowest BCUT2D eigenvalue weighted by atomic mass is 10.0. The summed E-state index contributed by atoms with van der Waals surface area (Å²) in [5, 5.41) is 1.32. The molecule has 0 saturated heterocycles. The molecule has 152 valence electrons. The number of pyridine rings is 1. The minimum absolute atomic E-state index is 0.0222. The molecule has 1 aromatic carbocycles. The predicted octanol–water partition coefficient (Wildman–Crippen LogP) is 2.72. The highest BCUT2D eigenvalue weighted by Crippen LogP contribution is 2.35. The molecule has 0 amide bonds. The van der Waals surface area contributed by atoms with Crippen LogP contribution in [0.3, 0.4) is 0 Å². The lowest BCUT2D eigenvalue weighted by molar-refractivity contribution is 0.298. The molecule has 4 rings (SSSR count). The predicted molar refractivity (Wildman–Crippen MR) is 112 cm³/mol. The van der Waals surface area contributed by atoms with Crippen LogP contribution in [0.5, 0.6) is 5.75 Å². The monoisotopic (exact) mass is 413 g/mol. The van der Waals surface area contributed by atoms with Crippen LogP contribution in [-0.4, -0.2) is 35.3 Å². The van der Waals surface area contributed by atoms with E-state index in [1.54, 1.807) is 32.4 Å². The third kappa shape index (κ3) is 4.17. The molecule has 2 heterocycles. The average molecular weight is 413 g/mol. The first-order chi connectivity index (χ1) is 13.9. The Morgan fingerprint density at radius 3 is 2.62 bits per heavy atom. The molecule has 0 bridgehead atoms. The summed E-state index contributed by atoms with van der Waals surface area (Å²) in [6.07, 6.45) is 5.55. The third-order valence-corrected chi connectivity index (χ3v) is 6.69. The van der Waals surface area contributed by atoms with E-state index >= 15 is 0 Å². The lowest BCUT2D eigenvalue weighted by Crippen LogP contribution is -2.17. The fourth-order valence-electron chi connectivity index (χ4n) is 3.17. The molecule has 29 heavy (non-hydrogen) atoms. The molecule has 3 aromatic rings. The first kappa shape index (κ1) is 19.6. The first-order valence-corrected chi connectivity index (χ1v) is 11.5. The Morgan fingerprint density at radius 2 is 1.93 bits per heavy atom. The number of sulfone groups is 1. The van der Waals surface area contributed by atoms with Gasteiger partial charge in [-0.15, -0.1) is 0 Å². The van der Waals surface area contributed by atoms with Gasteiger partial charge >= 0.3 is 0 Å². The molecule has 1 fully saturated rings. The van der Waals surface area contributed by atoms with Crippen molar-refractivity contribution in [1.29, 1.82) is 0 Å². The van der Waals surface area contributed by atoms with Crippen molar-refractivity contribution in [2.45, 2.75) is 25.5 Å². The summed E-state index contributed by atoms with van der Waals surface area (Å²) in [7, 11) is -1.59. The molecule has 0 aliphatic heterocycles. The van der Waals surface area contributed by atoms with E-state index in [2.05, 4.69) is 9.97 Å². The summed E-state index contributed by atoms with van der Waals surface area (Å²) in [6.45, 7) is 2.18. The van der Waals surface area contributed by atoms with E-state index in [1.807, 2.05) is 18.2 Å². The maximum Gasteiger partial charge on any atom is 0.258 e. The average Bonchev–Trinajstić information content (AvgIpc) is 3.54. The third-order valence-electron chi connectivity index (χ3n) is 5.11. The molecule has 1 aliphatic carbocycles. The summed E-state index contributed by atoms with van der Waals surface area (Å²) in [6, 6.07) is 7.31. The second kappa shape index (κ2) is 7.59. The molecular formula is C21H23N3O4S. The quantitative estimate of drug-likeness (QED) is 0.591. The van der Waals surface area contributed by atoms with Gasteiger partial charge in [0.15, 0.2) is 15.6 Å². The van der Waals surface area contributed by atoms with Crippen molar-refractivity contribution < 1.29 is 13.2 Å². The molecule has 0 unspecified atom stereocenters. The smallest absolute Gasteiger partial charge is 0.258 e. The van der Waals surface area contributed by atoms with Crippen molar-refractivity contribution in [3.8, 4) is 17.0 Å². The number of aryl methyl sites for hydroxylation is 1. The maximum atomic E-state index is 12.5. The van der Waals surface area contributed by atoms with Gasteiger partial charge in [-0.3, -0.25) is 4.79 Å². The zero-order chi connectivity index (χ0) is 20.6. The zero-order valence-electron chi connectivity index (χ0n) is 16.5. The van der Waals surface area contributed by atoms with E-state index in [9.17, 15) is 13.2 Å². The number of nitrogens with zero attached hydrogens (tertiary/aromatic N) is 3. The molecule has 1 aliphatic rings. The first-order valence-electron chi connectivity index (χ1n) is 9.66. The Hall–Kier alpha value is -2.74. The van der Waals surface area contributed by atoms with Gasteiger partial charge in [-0.25, -0.2) is 18.4 Å². The van der Waals surface area contributed by atoms with Gasteiger partial charge in [-0.2, -0.15) is 0 Å². The number of aromatic nitrogens is 3. The van der Waals surface area contributed by atoms with Gasteiger partial charge in [0.25, 0.3) is 5.56 Å². The molecule has 8 heteroatoms. The van der Waals surface area contributed by atoms with Crippen molar-refractivity contribution in [3.05, 3.63) is 52.8 Å². The molecular weight excluding hydrogens is 390 g/mol. The Kier molecular flexibility index (Phi) is 5.12. The highest BCUT2D eigenvalue weighted by molar-refractivity contribution is 7.90. The Balaban J connectivity index is 1.89. The molecule has 0 radical (unpaired) electrons. The molecule has 0 N–H and O–H groups in total. The SMILES string of the molecule is CCS(=O)(=O)Cc1ncc(OCC2CC2)c(-c2cn(C)c(=O)c3ccccc23)n1. The van der Waals surface area contributed by atoms with Crippen LogP contribution in [0, 0.1) is 5.92 Å². The van der Waals surface area contributed by atoms with Crippen LogP contribution < -0.4 is 10.3 Å². The Labute approximate surface area is 169 Å². The van der Waals surface area contributed by atoms with Crippen LogP contribution in [-0.2, 0) is 22.6 Å². The van der Waals surface area contributed by atoms with Gasteiger partial charge in [0.2, 0.25) is 0 Å². The van der Waals surface area contributed by atoms with E-state index in [0.717, 1.165) is 18.2 Å². The van der Waals surface area contributed by atoms with Crippen LogP contribution in [0.1, 0.15) is 25.6 Å². The number of fused-ring (bicyclic) bond motifs is 1. The topological polar surface area (TPSA) is 91.2 Å². The summed E-state index contributed by atoms with van der Waals surface area (Å²) in [4.78, 5) is 21.3. The number of rotatable bonds is 7.